The second-order valence-corrected chi connectivity index (χ2v) is 5.06. The number of nitrogens with one attached hydrogen (secondary N) is 1. The highest BCUT2D eigenvalue weighted by atomic mass is 35.5. The van der Waals surface area contributed by atoms with Gasteiger partial charge in [0.05, 0.1) is 10.0 Å². The van der Waals surface area contributed by atoms with Gasteiger partial charge in [-0.3, -0.25) is 0 Å². The monoisotopic (exact) mass is 239 g/mol. The number of hydrogen-bond acceptors (Lipinski definition) is 1. The Morgan fingerprint density at radius 1 is 1.13 bits per heavy atom. The molecule has 15 heavy (non-hydrogen) atoms. The Morgan fingerprint density at radius 3 is 2.60 bits per heavy atom. The highest BCUT2D eigenvalue weighted by Gasteiger charge is 2.39. The molecule has 1 heterocycles. The molecule has 0 bridgehead atoms. The molecule has 3 heteroatoms. The van der Waals surface area contributed by atoms with E-state index in [1.165, 1.54) is 16.7 Å². The van der Waals surface area contributed by atoms with Gasteiger partial charge in [-0.1, -0.05) is 29.8 Å². The lowest BCUT2D eigenvalue weighted by Crippen LogP contribution is -2.09. The van der Waals surface area contributed by atoms with E-state index in [2.05, 4.69) is 11.9 Å². The lowest BCUT2D eigenvalue weighted by atomic mass is 9.95. The predicted octanol–water partition coefficient (Wildman–Crippen LogP) is 3.32. The second-order valence-electron chi connectivity index (χ2n) is 4.25. The maximum Gasteiger partial charge on any atom is 0.0598 e. The van der Waals surface area contributed by atoms with Gasteiger partial charge >= 0.3 is 0 Å². The van der Waals surface area contributed by atoms with Crippen LogP contribution in [0.3, 0.4) is 0 Å². The molecule has 1 fully saturated rings. The molecule has 1 saturated heterocycles. The molecule has 0 spiro atoms. The molecule has 0 aromatic heterocycles. The summed E-state index contributed by atoms with van der Waals surface area (Å²) in [5.74, 6) is 1.08. The number of rotatable bonds is 0. The predicted molar refractivity (Wildman–Crippen MR) is 64.6 cm³/mol. The molecule has 0 saturated carbocycles. The largest absolute Gasteiger partial charge is 0.315 e. The maximum atomic E-state index is 6.05. The maximum absolute atomic E-state index is 6.05. The van der Waals surface area contributed by atoms with Crippen molar-refractivity contribution in [2.75, 3.05) is 13.1 Å². The molecule has 1 N–H and O–H groups in total. The Hall–Kier alpha value is -0.500. The van der Waals surface area contributed by atoms with Crippen molar-refractivity contribution in [3.8, 4) is 0 Å². The van der Waals surface area contributed by atoms with Crippen molar-refractivity contribution in [3.63, 3.8) is 0 Å². The van der Waals surface area contributed by atoms with Gasteiger partial charge in [0.1, 0.15) is 0 Å². The van der Waals surface area contributed by atoms with Crippen LogP contribution in [0, 0.1) is 5.92 Å². The standard InChI is InChI=1S/C12H11Cl2N/c1-6-7-2-11(13)12(14)3-8(7)10-5-15-4-9(6)10/h2-3,9-10,15H,1,4-5H2. The third-order valence-corrected chi connectivity index (χ3v) is 4.22. The van der Waals surface area contributed by atoms with Crippen LogP contribution < -0.4 is 5.32 Å². The molecular formula is C12H11Cl2N. The molecule has 1 aromatic carbocycles. The fourth-order valence-electron chi connectivity index (χ4n) is 2.72. The van der Waals surface area contributed by atoms with E-state index < -0.39 is 0 Å². The average molecular weight is 240 g/mol. The third-order valence-electron chi connectivity index (χ3n) is 3.50. The summed E-state index contributed by atoms with van der Waals surface area (Å²) in [6.07, 6.45) is 0. The molecule has 2 aliphatic rings. The first-order valence-electron chi connectivity index (χ1n) is 5.07. The van der Waals surface area contributed by atoms with Crippen molar-refractivity contribution in [3.05, 3.63) is 39.9 Å². The van der Waals surface area contributed by atoms with E-state index in [4.69, 9.17) is 23.2 Å². The number of benzene rings is 1. The van der Waals surface area contributed by atoms with Crippen LogP contribution in [0.1, 0.15) is 17.0 Å². The molecule has 3 rings (SSSR count). The van der Waals surface area contributed by atoms with Crippen molar-refractivity contribution in [2.24, 2.45) is 5.92 Å². The number of hydrogen-bond donors (Lipinski definition) is 1. The van der Waals surface area contributed by atoms with E-state index in [0.717, 1.165) is 13.1 Å². The van der Waals surface area contributed by atoms with Crippen LogP contribution in [-0.4, -0.2) is 13.1 Å². The summed E-state index contributed by atoms with van der Waals surface area (Å²) in [5, 5.41) is 4.67. The van der Waals surface area contributed by atoms with Crippen LogP contribution >= 0.6 is 23.2 Å². The minimum atomic E-state index is 0.537. The van der Waals surface area contributed by atoms with Crippen molar-refractivity contribution in [1.82, 2.24) is 5.32 Å². The first kappa shape index (κ1) is 9.71. The summed E-state index contributed by atoms with van der Waals surface area (Å²) >= 11 is 12.1. The van der Waals surface area contributed by atoms with Crippen LogP contribution in [0.25, 0.3) is 5.57 Å². The normalized spacial score (nSPS) is 28.0. The summed E-state index contributed by atoms with van der Waals surface area (Å²) in [5.41, 5.74) is 3.73. The van der Waals surface area contributed by atoms with Gasteiger partial charge in [-0.2, -0.15) is 0 Å². The molecule has 1 aliphatic carbocycles. The van der Waals surface area contributed by atoms with E-state index >= 15 is 0 Å². The summed E-state index contributed by atoms with van der Waals surface area (Å²) < 4.78 is 0. The Morgan fingerprint density at radius 2 is 1.80 bits per heavy atom. The third kappa shape index (κ3) is 1.27. The van der Waals surface area contributed by atoms with Gasteiger partial charge in [-0.05, 0) is 28.8 Å². The molecule has 1 nitrogen and oxygen atoms in total. The molecule has 78 valence electrons. The molecule has 2 unspecified atom stereocenters. The van der Waals surface area contributed by atoms with Gasteiger partial charge in [0.2, 0.25) is 0 Å². The zero-order chi connectivity index (χ0) is 10.6. The van der Waals surface area contributed by atoms with Crippen molar-refractivity contribution < 1.29 is 0 Å². The highest BCUT2D eigenvalue weighted by molar-refractivity contribution is 6.42. The summed E-state index contributed by atoms with van der Waals surface area (Å²) in [6.45, 7) is 6.21. The summed E-state index contributed by atoms with van der Waals surface area (Å²) in [6, 6.07) is 3.96. The smallest absolute Gasteiger partial charge is 0.0598 e. The molecule has 0 amide bonds. The van der Waals surface area contributed by atoms with Gasteiger partial charge in [-0.15, -0.1) is 0 Å². The quantitative estimate of drug-likeness (QED) is 0.733. The van der Waals surface area contributed by atoms with E-state index in [1.807, 2.05) is 12.1 Å². The van der Waals surface area contributed by atoms with Gasteiger partial charge < -0.3 is 5.32 Å². The number of fused-ring (bicyclic) bond motifs is 3. The first-order chi connectivity index (χ1) is 7.18. The first-order valence-corrected chi connectivity index (χ1v) is 5.83. The summed E-state index contributed by atoms with van der Waals surface area (Å²) in [4.78, 5) is 0. The molecule has 1 aromatic rings. The van der Waals surface area contributed by atoms with Crippen molar-refractivity contribution >= 4 is 28.8 Å². The van der Waals surface area contributed by atoms with Crippen LogP contribution in [0.2, 0.25) is 10.0 Å². The van der Waals surface area contributed by atoms with Crippen molar-refractivity contribution in [2.45, 2.75) is 5.92 Å². The van der Waals surface area contributed by atoms with Crippen LogP contribution in [0.5, 0.6) is 0 Å². The van der Waals surface area contributed by atoms with Crippen LogP contribution in [-0.2, 0) is 0 Å². The van der Waals surface area contributed by atoms with Gasteiger partial charge in [-0.25, -0.2) is 0 Å². The van der Waals surface area contributed by atoms with Crippen LogP contribution in [0.4, 0.5) is 0 Å². The van der Waals surface area contributed by atoms with Crippen molar-refractivity contribution in [1.29, 1.82) is 0 Å². The van der Waals surface area contributed by atoms with E-state index in [1.54, 1.807) is 0 Å². The van der Waals surface area contributed by atoms with Gasteiger partial charge in [0.25, 0.3) is 0 Å². The molecule has 0 radical (unpaired) electrons. The van der Waals surface area contributed by atoms with E-state index in [0.29, 0.717) is 21.9 Å². The van der Waals surface area contributed by atoms with E-state index in [9.17, 15) is 0 Å². The Balaban J connectivity index is 2.20. The minimum absolute atomic E-state index is 0.537. The lowest BCUT2D eigenvalue weighted by molar-refractivity contribution is 0.684. The lowest BCUT2D eigenvalue weighted by Gasteiger charge is -2.08. The topological polar surface area (TPSA) is 12.0 Å². The van der Waals surface area contributed by atoms with E-state index in [-0.39, 0.29) is 0 Å². The zero-order valence-corrected chi connectivity index (χ0v) is 9.70. The Bertz CT molecular complexity index is 453. The zero-order valence-electron chi connectivity index (χ0n) is 8.19. The Kier molecular flexibility index (Phi) is 2.10. The van der Waals surface area contributed by atoms with Gasteiger partial charge in [0.15, 0.2) is 0 Å². The molecule has 1 aliphatic heterocycles. The SMILES string of the molecule is C=C1c2cc(Cl)c(Cl)cc2C2CNCC12. The fraction of sp³-hybridized carbons (Fsp3) is 0.333. The van der Waals surface area contributed by atoms with Gasteiger partial charge in [0, 0.05) is 24.9 Å². The Labute approximate surface area is 99.1 Å². The summed E-state index contributed by atoms with van der Waals surface area (Å²) in [7, 11) is 0. The fourth-order valence-corrected chi connectivity index (χ4v) is 3.05. The highest BCUT2D eigenvalue weighted by Crippen LogP contribution is 2.48. The average Bonchev–Trinajstić information content (AvgIpc) is 2.75. The van der Waals surface area contributed by atoms with Crippen LogP contribution in [0.15, 0.2) is 18.7 Å². The minimum Gasteiger partial charge on any atom is -0.315 e. The molecule has 2 atom stereocenters. The number of halogens is 2. The molecular weight excluding hydrogens is 229 g/mol. The second kappa shape index (κ2) is 3.24.